The lowest BCUT2D eigenvalue weighted by atomic mass is 10.2. The van der Waals surface area contributed by atoms with Gasteiger partial charge in [-0.2, -0.15) is 13.2 Å². The topological polar surface area (TPSA) is 102 Å². The van der Waals surface area contributed by atoms with Gasteiger partial charge in [-0.25, -0.2) is 0 Å². The minimum atomic E-state index is -4.58. The number of nitrogens with one attached hydrogen (secondary N) is 1. The first-order valence-electron chi connectivity index (χ1n) is 5.11. The number of amides is 1. The largest absolute Gasteiger partial charge is 0.505 e. The van der Waals surface area contributed by atoms with Crippen molar-refractivity contribution >= 4 is 17.3 Å². The number of carbonyl (C=O) groups is 1. The summed E-state index contributed by atoms with van der Waals surface area (Å²) in [6, 6.07) is 3.29. The summed E-state index contributed by atoms with van der Waals surface area (Å²) in [6.07, 6.45) is -4.58. The summed E-state index contributed by atoms with van der Waals surface area (Å²) in [5, 5.41) is 22.0. The van der Waals surface area contributed by atoms with Crippen LogP contribution in [0.5, 0.6) is 5.75 Å². The van der Waals surface area contributed by atoms with Gasteiger partial charge in [-0.15, -0.1) is 0 Å². The van der Waals surface area contributed by atoms with Crippen molar-refractivity contribution < 1.29 is 32.7 Å². The SMILES string of the molecule is O=C(COCC(F)(F)F)Nc1c(O)cccc1[N+](=O)[O-]. The molecule has 0 heterocycles. The summed E-state index contributed by atoms with van der Waals surface area (Å²) in [4.78, 5) is 21.1. The Morgan fingerprint density at radius 2 is 2.10 bits per heavy atom. The second-order valence-electron chi connectivity index (χ2n) is 3.58. The quantitative estimate of drug-likeness (QED) is 0.490. The van der Waals surface area contributed by atoms with Gasteiger partial charge in [0.05, 0.1) is 4.92 Å². The number of hydrogen-bond acceptors (Lipinski definition) is 5. The maximum absolute atomic E-state index is 11.8. The van der Waals surface area contributed by atoms with E-state index in [1.165, 1.54) is 6.07 Å². The highest BCUT2D eigenvalue weighted by Gasteiger charge is 2.28. The van der Waals surface area contributed by atoms with E-state index in [1.54, 1.807) is 0 Å². The van der Waals surface area contributed by atoms with E-state index in [1.807, 2.05) is 5.32 Å². The first kappa shape index (κ1) is 15.7. The highest BCUT2D eigenvalue weighted by Crippen LogP contribution is 2.32. The van der Waals surface area contributed by atoms with Gasteiger partial charge in [0, 0.05) is 6.07 Å². The van der Waals surface area contributed by atoms with Crippen LogP contribution in [-0.2, 0) is 9.53 Å². The van der Waals surface area contributed by atoms with Gasteiger partial charge in [-0.05, 0) is 6.07 Å². The van der Waals surface area contributed by atoms with E-state index in [0.29, 0.717) is 0 Å². The molecule has 0 aliphatic rings. The monoisotopic (exact) mass is 294 g/mol. The summed E-state index contributed by atoms with van der Waals surface area (Å²) in [7, 11) is 0. The third-order valence-electron chi connectivity index (χ3n) is 1.98. The molecule has 7 nitrogen and oxygen atoms in total. The summed E-state index contributed by atoms with van der Waals surface area (Å²) in [5.74, 6) is -1.64. The number of rotatable bonds is 5. The van der Waals surface area contributed by atoms with Crippen LogP contribution in [0.3, 0.4) is 0 Å². The summed E-state index contributed by atoms with van der Waals surface area (Å²) in [5.41, 5.74) is -1.09. The predicted octanol–water partition coefficient (Wildman–Crippen LogP) is 1.82. The van der Waals surface area contributed by atoms with Crippen molar-refractivity contribution in [3.8, 4) is 5.75 Å². The molecule has 0 fully saturated rings. The van der Waals surface area contributed by atoms with Crippen molar-refractivity contribution in [1.82, 2.24) is 0 Å². The van der Waals surface area contributed by atoms with Crippen molar-refractivity contribution in [2.45, 2.75) is 6.18 Å². The Labute approximate surface area is 110 Å². The van der Waals surface area contributed by atoms with Crippen molar-refractivity contribution in [2.75, 3.05) is 18.5 Å². The van der Waals surface area contributed by atoms with Gasteiger partial charge in [0.15, 0.2) is 5.69 Å². The molecule has 1 aromatic carbocycles. The summed E-state index contributed by atoms with van der Waals surface area (Å²) >= 11 is 0. The van der Waals surface area contributed by atoms with E-state index < -0.39 is 47.3 Å². The lowest BCUT2D eigenvalue weighted by Gasteiger charge is -2.09. The van der Waals surface area contributed by atoms with E-state index in [4.69, 9.17) is 0 Å². The molecule has 20 heavy (non-hydrogen) atoms. The van der Waals surface area contributed by atoms with Gasteiger partial charge in [0.1, 0.15) is 19.0 Å². The Balaban J connectivity index is 2.69. The Morgan fingerprint density at radius 3 is 2.65 bits per heavy atom. The van der Waals surface area contributed by atoms with Crippen LogP contribution < -0.4 is 5.32 Å². The van der Waals surface area contributed by atoms with Crippen LogP contribution >= 0.6 is 0 Å². The maximum atomic E-state index is 11.8. The van der Waals surface area contributed by atoms with E-state index in [-0.39, 0.29) is 0 Å². The molecule has 0 bridgehead atoms. The number of carbonyl (C=O) groups excluding carboxylic acids is 1. The van der Waals surface area contributed by atoms with Crippen molar-refractivity contribution in [3.05, 3.63) is 28.3 Å². The van der Waals surface area contributed by atoms with Crippen LogP contribution in [0.2, 0.25) is 0 Å². The first-order chi connectivity index (χ1) is 9.20. The summed E-state index contributed by atoms with van der Waals surface area (Å²) in [6.45, 7) is -2.58. The first-order valence-corrected chi connectivity index (χ1v) is 5.11. The number of para-hydroxylation sites is 1. The van der Waals surface area contributed by atoms with Crippen LogP contribution in [0.15, 0.2) is 18.2 Å². The number of benzene rings is 1. The van der Waals surface area contributed by atoms with E-state index in [9.17, 15) is 33.2 Å². The fourth-order valence-electron chi connectivity index (χ4n) is 1.24. The predicted molar refractivity (Wildman–Crippen MR) is 60.3 cm³/mol. The number of nitrogens with zero attached hydrogens (tertiary/aromatic N) is 1. The smallest absolute Gasteiger partial charge is 0.411 e. The fraction of sp³-hybridized carbons (Fsp3) is 0.300. The molecule has 0 aliphatic carbocycles. The minimum Gasteiger partial charge on any atom is -0.505 e. The van der Waals surface area contributed by atoms with Gasteiger partial charge in [-0.3, -0.25) is 14.9 Å². The van der Waals surface area contributed by atoms with Gasteiger partial charge in [0.2, 0.25) is 0 Å². The highest BCUT2D eigenvalue weighted by atomic mass is 19.4. The fourth-order valence-corrected chi connectivity index (χ4v) is 1.24. The second kappa shape index (κ2) is 6.19. The highest BCUT2D eigenvalue weighted by molar-refractivity contribution is 5.95. The van der Waals surface area contributed by atoms with E-state index >= 15 is 0 Å². The normalized spacial score (nSPS) is 11.2. The van der Waals surface area contributed by atoms with Crippen LogP contribution in [0, 0.1) is 10.1 Å². The number of nitro benzene ring substituents is 1. The van der Waals surface area contributed by atoms with Gasteiger partial charge >= 0.3 is 6.18 Å². The molecule has 0 aromatic heterocycles. The number of phenolic OH excluding ortho intramolecular Hbond substituents is 1. The molecule has 1 rings (SSSR count). The zero-order chi connectivity index (χ0) is 15.3. The zero-order valence-electron chi connectivity index (χ0n) is 9.81. The number of hydrogen-bond donors (Lipinski definition) is 2. The molecule has 0 saturated heterocycles. The average molecular weight is 294 g/mol. The van der Waals surface area contributed by atoms with E-state index in [0.717, 1.165) is 12.1 Å². The lowest BCUT2D eigenvalue weighted by Crippen LogP contribution is -2.24. The minimum absolute atomic E-state index is 0.502. The molecule has 110 valence electrons. The van der Waals surface area contributed by atoms with Crippen molar-refractivity contribution in [1.29, 1.82) is 0 Å². The van der Waals surface area contributed by atoms with E-state index in [2.05, 4.69) is 4.74 Å². The number of ether oxygens (including phenoxy) is 1. The Bertz CT molecular complexity index is 518. The molecule has 0 saturated carbocycles. The van der Waals surface area contributed by atoms with Crippen molar-refractivity contribution in [2.24, 2.45) is 0 Å². The van der Waals surface area contributed by atoms with Crippen molar-refractivity contribution in [3.63, 3.8) is 0 Å². The average Bonchev–Trinajstić information content (AvgIpc) is 2.29. The van der Waals surface area contributed by atoms with Crippen LogP contribution in [0.25, 0.3) is 0 Å². The molecular formula is C10H9F3N2O5. The molecule has 0 atom stereocenters. The summed E-state index contributed by atoms with van der Waals surface area (Å²) < 4.78 is 39.4. The number of nitro groups is 1. The van der Waals surface area contributed by atoms with Crippen LogP contribution in [-0.4, -0.2) is 35.3 Å². The third kappa shape index (κ3) is 4.72. The number of phenols is 1. The molecular weight excluding hydrogens is 285 g/mol. The molecule has 2 N–H and O–H groups in total. The molecule has 0 aliphatic heterocycles. The molecule has 0 radical (unpaired) electrons. The molecule has 0 spiro atoms. The lowest BCUT2D eigenvalue weighted by molar-refractivity contribution is -0.384. The molecule has 1 aromatic rings. The Kier molecular flexibility index (Phi) is 4.86. The number of anilines is 1. The maximum Gasteiger partial charge on any atom is 0.411 e. The van der Waals surface area contributed by atoms with Crippen LogP contribution in [0.1, 0.15) is 0 Å². The molecule has 10 heteroatoms. The second-order valence-corrected chi connectivity index (χ2v) is 3.58. The number of alkyl halides is 3. The molecule has 1 amide bonds. The number of aromatic hydroxyl groups is 1. The van der Waals surface area contributed by atoms with Gasteiger partial charge < -0.3 is 15.2 Å². The zero-order valence-corrected chi connectivity index (χ0v) is 9.81. The Morgan fingerprint density at radius 1 is 1.45 bits per heavy atom. The Hall–Kier alpha value is -2.36. The standard InChI is InChI=1S/C10H9F3N2O5/c11-10(12,13)5-20-4-8(17)14-9-6(15(18)19)2-1-3-7(9)16/h1-3,16H,4-5H2,(H,14,17). The van der Waals surface area contributed by atoms with Gasteiger partial charge in [-0.1, -0.05) is 6.07 Å². The van der Waals surface area contributed by atoms with Crippen LogP contribution in [0.4, 0.5) is 24.5 Å². The van der Waals surface area contributed by atoms with Gasteiger partial charge in [0.25, 0.3) is 11.6 Å². The number of halogens is 3. The molecule has 0 unspecified atom stereocenters. The third-order valence-corrected chi connectivity index (χ3v) is 1.98.